The number of hydrogen-bond donors (Lipinski definition) is 6. The number of anilines is 1. The number of primary amides is 1. The molecule has 0 radical (unpaired) electrons. The third kappa shape index (κ3) is 2.83. The van der Waals surface area contributed by atoms with Gasteiger partial charge >= 0.3 is 0 Å². The second kappa shape index (κ2) is 7.52. The van der Waals surface area contributed by atoms with E-state index in [2.05, 4.69) is 0 Å². The third-order valence-electron chi connectivity index (χ3n) is 7.02. The molecule has 178 valence electrons. The van der Waals surface area contributed by atoms with Gasteiger partial charge in [0.15, 0.2) is 17.2 Å². The number of fused-ring (bicyclic) bond motifs is 3. The van der Waals surface area contributed by atoms with Crippen molar-refractivity contribution >= 4 is 40.5 Å². The van der Waals surface area contributed by atoms with Crippen LogP contribution in [0.25, 0.3) is 5.76 Å². The van der Waals surface area contributed by atoms with Crippen molar-refractivity contribution < 1.29 is 44.4 Å². The van der Waals surface area contributed by atoms with Gasteiger partial charge in [-0.15, -0.1) is 0 Å². The lowest BCUT2D eigenvalue weighted by molar-refractivity contribution is -0.153. The molecule has 34 heavy (non-hydrogen) atoms. The van der Waals surface area contributed by atoms with Gasteiger partial charge in [-0.25, -0.2) is 0 Å². The predicted octanol–water partition coefficient (Wildman–Crippen LogP) is 0.242. The minimum atomic E-state index is -2.91. The molecule has 4 rings (SSSR count). The number of carbonyl (C=O) groups excluding carboxylic acids is 5. The smallest absolute Gasteiger partial charge is 0.255 e. The van der Waals surface area contributed by atoms with Gasteiger partial charge in [0.25, 0.3) is 5.91 Å². The molecule has 1 aromatic carbocycles. The summed E-state index contributed by atoms with van der Waals surface area (Å²) in [5, 5.41) is 43.6. The highest BCUT2D eigenvalue weighted by Crippen LogP contribution is 2.55. The first-order valence-electron chi connectivity index (χ1n) is 10.5. The van der Waals surface area contributed by atoms with E-state index < -0.39 is 87.0 Å². The van der Waals surface area contributed by atoms with Gasteiger partial charge in [0, 0.05) is 30.7 Å². The van der Waals surface area contributed by atoms with Crippen LogP contribution in [0.2, 0.25) is 0 Å². The molecule has 0 aromatic heterocycles. The SMILES string of the molecule is CCC(=O)C[C@H]1[C@@H]2C(=O)c3ccc(N)c(O)c3C(O)=C2C(=O)[C@]2(O)C(O)=C(C(N)=O)C(=O)C[C@H]12. The molecule has 0 spiro atoms. The quantitative estimate of drug-likeness (QED) is 0.200. The zero-order valence-corrected chi connectivity index (χ0v) is 18.0. The summed E-state index contributed by atoms with van der Waals surface area (Å²) >= 11 is 0. The summed E-state index contributed by atoms with van der Waals surface area (Å²) in [6.07, 6.45) is -0.978. The van der Waals surface area contributed by atoms with Gasteiger partial charge in [0.05, 0.1) is 22.7 Å². The number of rotatable bonds is 4. The zero-order valence-electron chi connectivity index (χ0n) is 18.0. The van der Waals surface area contributed by atoms with Crippen molar-refractivity contribution in [1.82, 2.24) is 0 Å². The number of hydrogen-bond acceptors (Lipinski definition) is 10. The van der Waals surface area contributed by atoms with Gasteiger partial charge in [0.2, 0.25) is 5.78 Å². The molecule has 0 saturated heterocycles. The molecule has 11 heteroatoms. The van der Waals surface area contributed by atoms with Gasteiger partial charge < -0.3 is 31.9 Å². The number of aliphatic hydroxyl groups excluding tert-OH is 2. The second-order valence-corrected chi connectivity index (χ2v) is 8.71. The van der Waals surface area contributed by atoms with Crippen molar-refractivity contribution in [2.45, 2.75) is 31.8 Å². The highest BCUT2D eigenvalue weighted by molar-refractivity contribution is 6.25. The van der Waals surface area contributed by atoms with Crippen LogP contribution < -0.4 is 11.5 Å². The first-order chi connectivity index (χ1) is 15.9. The maximum Gasteiger partial charge on any atom is 0.255 e. The standard InChI is InChI=1S/C23H22N2O9/c1-2-7(26)5-9-10-6-12(27)15(22(25)33)20(31)23(10,34)21(32)16-13(9)17(28)8-3-4-11(24)18(29)14(8)19(16)30/h3-4,9-10,13,29-31,34H,2,5-6,24H2,1H3,(H2,25,33)/t9-,10-,13+,23-/m1/s1. The Balaban J connectivity index is 2.07. The highest BCUT2D eigenvalue weighted by atomic mass is 16.3. The monoisotopic (exact) mass is 470 g/mol. The molecule has 1 amide bonds. The normalized spacial score (nSPS) is 28.4. The fourth-order valence-corrected chi connectivity index (χ4v) is 5.33. The molecule has 3 aliphatic rings. The average Bonchev–Trinajstić information content (AvgIpc) is 2.77. The lowest BCUT2D eigenvalue weighted by Crippen LogP contribution is -2.62. The Morgan fingerprint density at radius 1 is 1.15 bits per heavy atom. The highest BCUT2D eigenvalue weighted by Gasteiger charge is 2.65. The number of ketones is 4. The van der Waals surface area contributed by atoms with Crippen LogP contribution in [0.3, 0.4) is 0 Å². The molecule has 8 N–H and O–H groups in total. The Labute approximate surface area is 192 Å². The predicted molar refractivity (Wildman–Crippen MR) is 115 cm³/mol. The van der Waals surface area contributed by atoms with Crippen molar-refractivity contribution in [1.29, 1.82) is 0 Å². The second-order valence-electron chi connectivity index (χ2n) is 8.71. The van der Waals surface area contributed by atoms with Crippen molar-refractivity contribution in [3.63, 3.8) is 0 Å². The molecule has 1 aromatic rings. The zero-order chi connectivity index (χ0) is 25.3. The molecule has 11 nitrogen and oxygen atoms in total. The minimum Gasteiger partial charge on any atom is -0.508 e. The molecule has 0 aliphatic heterocycles. The van der Waals surface area contributed by atoms with E-state index in [1.807, 2.05) is 0 Å². The molecule has 4 atom stereocenters. The number of carbonyl (C=O) groups is 5. The summed E-state index contributed by atoms with van der Waals surface area (Å²) in [5.41, 5.74) is 5.52. The number of phenolic OH excluding ortho intramolecular Hbond substituents is 1. The minimum absolute atomic E-state index is 0.0394. The molecule has 0 bridgehead atoms. The van der Waals surface area contributed by atoms with E-state index in [1.165, 1.54) is 12.1 Å². The summed E-state index contributed by atoms with van der Waals surface area (Å²) in [4.78, 5) is 64.0. The Hall–Kier alpha value is -3.99. The number of phenols is 1. The van der Waals surface area contributed by atoms with E-state index in [4.69, 9.17) is 11.5 Å². The maximum absolute atomic E-state index is 13.6. The summed E-state index contributed by atoms with van der Waals surface area (Å²) in [6.45, 7) is 1.56. The first kappa shape index (κ1) is 23.2. The molecule has 0 unspecified atom stereocenters. The lowest BCUT2D eigenvalue weighted by atomic mass is 9.53. The van der Waals surface area contributed by atoms with Crippen LogP contribution in [0.4, 0.5) is 5.69 Å². The molecule has 1 saturated carbocycles. The number of aliphatic hydroxyl groups is 3. The van der Waals surface area contributed by atoms with E-state index in [9.17, 15) is 44.4 Å². The van der Waals surface area contributed by atoms with E-state index in [-0.39, 0.29) is 29.9 Å². The van der Waals surface area contributed by atoms with Crippen molar-refractivity contribution in [2.24, 2.45) is 23.5 Å². The van der Waals surface area contributed by atoms with Gasteiger partial charge in [0.1, 0.15) is 28.6 Å². The van der Waals surface area contributed by atoms with Gasteiger partial charge in [-0.05, 0) is 18.1 Å². The van der Waals surface area contributed by atoms with Crippen LogP contribution in [0.5, 0.6) is 5.75 Å². The van der Waals surface area contributed by atoms with Crippen LogP contribution in [0.15, 0.2) is 29.0 Å². The summed E-state index contributed by atoms with van der Waals surface area (Å²) in [5.74, 6) is -11.7. The van der Waals surface area contributed by atoms with Crippen LogP contribution in [0.1, 0.15) is 42.1 Å². The van der Waals surface area contributed by atoms with Crippen LogP contribution in [0, 0.1) is 17.8 Å². The van der Waals surface area contributed by atoms with E-state index in [0.29, 0.717) is 0 Å². The number of aromatic hydroxyl groups is 1. The van der Waals surface area contributed by atoms with Gasteiger partial charge in [-0.1, -0.05) is 6.92 Å². The fraction of sp³-hybridized carbons (Fsp3) is 0.348. The molecular formula is C23H22N2O9. The largest absolute Gasteiger partial charge is 0.508 e. The van der Waals surface area contributed by atoms with E-state index in [1.54, 1.807) is 6.92 Å². The number of nitrogen functional groups attached to an aromatic ring is 1. The summed E-state index contributed by atoms with van der Waals surface area (Å²) in [7, 11) is 0. The van der Waals surface area contributed by atoms with E-state index in [0.717, 1.165) is 0 Å². The third-order valence-corrected chi connectivity index (χ3v) is 7.02. The van der Waals surface area contributed by atoms with Crippen LogP contribution >= 0.6 is 0 Å². The van der Waals surface area contributed by atoms with Crippen molar-refractivity contribution in [3.8, 4) is 5.75 Å². The number of nitrogens with two attached hydrogens (primary N) is 2. The Kier molecular flexibility index (Phi) is 5.13. The van der Waals surface area contributed by atoms with Crippen molar-refractivity contribution in [2.75, 3.05) is 5.73 Å². The van der Waals surface area contributed by atoms with Crippen LogP contribution in [-0.4, -0.2) is 55.1 Å². The molecule has 1 fully saturated rings. The van der Waals surface area contributed by atoms with Gasteiger partial charge in [-0.2, -0.15) is 0 Å². The average molecular weight is 470 g/mol. The molecule has 3 aliphatic carbocycles. The maximum atomic E-state index is 13.6. The number of amides is 1. The van der Waals surface area contributed by atoms with Crippen molar-refractivity contribution in [3.05, 3.63) is 40.2 Å². The lowest BCUT2D eigenvalue weighted by Gasteiger charge is -2.50. The molecular weight excluding hydrogens is 448 g/mol. The Bertz CT molecular complexity index is 1280. The van der Waals surface area contributed by atoms with E-state index >= 15 is 0 Å². The number of benzene rings is 1. The fourth-order valence-electron chi connectivity index (χ4n) is 5.33. The number of Topliss-reactive ketones (excluding diaryl/α,β-unsaturated/α-hetero) is 4. The Morgan fingerprint density at radius 2 is 1.79 bits per heavy atom. The topological polar surface area (TPSA) is 218 Å². The summed E-state index contributed by atoms with van der Waals surface area (Å²) in [6, 6.07) is 2.48. The van der Waals surface area contributed by atoms with Crippen LogP contribution in [-0.2, 0) is 19.2 Å². The summed E-state index contributed by atoms with van der Waals surface area (Å²) < 4.78 is 0. The molecule has 0 heterocycles. The van der Waals surface area contributed by atoms with Gasteiger partial charge in [-0.3, -0.25) is 24.0 Å². The Morgan fingerprint density at radius 3 is 2.38 bits per heavy atom. The first-order valence-corrected chi connectivity index (χ1v) is 10.5.